The van der Waals surface area contributed by atoms with E-state index in [-0.39, 0.29) is 49.8 Å². The summed E-state index contributed by atoms with van der Waals surface area (Å²) < 4.78 is 33.3. The maximum absolute atomic E-state index is 12.7. The Morgan fingerprint density at radius 2 is 1.90 bits per heavy atom. The van der Waals surface area contributed by atoms with Gasteiger partial charge in [-0.25, -0.2) is 19.6 Å². The number of nitrogens with two attached hydrogens (primary N) is 3. The first-order valence-corrected chi connectivity index (χ1v) is 17.0. The van der Waals surface area contributed by atoms with Crippen molar-refractivity contribution in [1.29, 1.82) is 0 Å². The second kappa shape index (κ2) is 18.6. The van der Waals surface area contributed by atoms with Crippen molar-refractivity contribution in [3.8, 4) is 0 Å². The summed E-state index contributed by atoms with van der Waals surface area (Å²) in [6, 6.07) is 4.73. The van der Waals surface area contributed by atoms with Crippen LogP contribution in [0.5, 0.6) is 0 Å². The Balaban J connectivity index is 1.40. The third kappa shape index (κ3) is 12.6. The fourth-order valence-corrected chi connectivity index (χ4v) is 5.22. The van der Waals surface area contributed by atoms with E-state index < -0.39 is 79.5 Å². The minimum Gasteiger partial charge on any atom is -0.459 e. The first-order chi connectivity index (χ1) is 24.0. The zero-order valence-electron chi connectivity index (χ0n) is 27.6. The molecule has 1 aromatic heterocycles. The molecule has 3 unspecified atom stereocenters. The number of aliphatic hydroxyl groups excluding tert-OH is 2. The first kappa shape index (κ1) is 40.9. The van der Waals surface area contributed by atoms with Gasteiger partial charge >= 0.3 is 19.5 Å². The SMILES string of the molecule is CC(C)CC(NC(=O)C(N)CCCN=C(N)NOP(=O)(O)OC[C@H]1O[C@@H](n2ccc(N)nc2=O)[C@H](O)[C@@H]1O)C(=O)OCc1ccc([N+](=O)[O-])cc1. The van der Waals surface area contributed by atoms with Gasteiger partial charge in [0.05, 0.1) is 17.6 Å². The number of aliphatic imine (C=N–C) groups is 1. The number of aromatic nitrogens is 2. The maximum Gasteiger partial charge on any atom is 0.493 e. The molecule has 0 bridgehead atoms. The summed E-state index contributed by atoms with van der Waals surface area (Å²) in [5, 5.41) is 34.0. The van der Waals surface area contributed by atoms with Gasteiger partial charge in [0.2, 0.25) is 11.9 Å². The highest BCUT2D eigenvalue weighted by atomic mass is 31.2. The Kier molecular flexibility index (Phi) is 14.9. The van der Waals surface area contributed by atoms with Crippen molar-refractivity contribution in [3.63, 3.8) is 0 Å². The summed E-state index contributed by atoms with van der Waals surface area (Å²) in [6.45, 7) is 2.82. The number of hydroxylamine groups is 1. The third-order valence-corrected chi connectivity index (χ3v) is 8.06. The molecule has 0 radical (unpaired) electrons. The normalized spacial score (nSPS) is 21.4. The number of rotatable bonds is 18. The molecular formula is C28H42N9O13P. The van der Waals surface area contributed by atoms with Gasteiger partial charge in [-0.1, -0.05) is 13.8 Å². The number of nitrogens with zero attached hydrogens (tertiary/aromatic N) is 4. The summed E-state index contributed by atoms with van der Waals surface area (Å²) in [4.78, 5) is 65.2. The molecule has 282 valence electrons. The van der Waals surface area contributed by atoms with E-state index in [9.17, 15) is 44.2 Å². The molecule has 2 aromatic rings. The van der Waals surface area contributed by atoms with Gasteiger partial charge in [0, 0.05) is 24.9 Å². The highest BCUT2D eigenvalue weighted by Gasteiger charge is 2.45. The van der Waals surface area contributed by atoms with E-state index >= 15 is 0 Å². The second-order valence-electron chi connectivity index (χ2n) is 11.8. The summed E-state index contributed by atoms with van der Waals surface area (Å²) in [6.07, 6.45) is -4.14. The van der Waals surface area contributed by atoms with Crippen LogP contribution < -0.4 is 33.7 Å². The van der Waals surface area contributed by atoms with Crippen molar-refractivity contribution in [1.82, 2.24) is 20.3 Å². The number of amides is 1. The van der Waals surface area contributed by atoms with Crippen LogP contribution in [0.2, 0.25) is 0 Å². The quantitative estimate of drug-likeness (QED) is 0.0167. The topological polar surface area (TPSA) is 341 Å². The Hall–Kier alpha value is -4.54. The predicted octanol–water partition coefficient (Wildman–Crippen LogP) is -1.31. The number of nitrogen functional groups attached to an aromatic ring is 1. The van der Waals surface area contributed by atoms with Crippen LogP contribution in [0.3, 0.4) is 0 Å². The number of phosphoric acid groups is 1. The maximum atomic E-state index is 12.7. The zero-order chi connectivity index (χ0) is 37.9. The Morgan fingerprint density at radius 1 is 1.22 bits per heavy atom. The summed E-state index contributed by atoms with van der Waals surface area (Å²) >= 11 is 0. The van der Waals surface area contributed by atoms with Crippen molar-refractivity contribution in [3.05, 3.63) is 62.7 Å². The predicted molar refractivity (Wildman–Crippen MR) is 177 cm³/mol. The van der Waals surface area contributed by atoms with Gasteiger partial charge in [-0.3, -0.25) is 29.0 Å². The molecule has 1 saturated heterocycles. The van der Waals surface area contributed by atoms with E-state index in [1.165, 1.54) is 36.5 Å². The van der Waals surface area contributed by atoms with Crippen molar-refractivity contribution in [2.24, 2.45) is 22.4 Å². The molecule has 23 heteroatoms. The van der Waals surface area contributed by atoms with Crippen molar-refractivity contribution in [2.45, 2.75) is 76.3 Å². The van der Waals surface area contributed by atoms with Crippen molar-refractivity contribution >= 4 is 37.2 Å². The Morgan fingerprint density at radius 3 is 2.53 bits per heavy atom. The number of nitro benzene ring substituents is 1. The lowest BCUT2D eigenvalue weighted by Crippen LogP contribution is -2.49. The lowest BCUT2D eigenvalue weighted by molar-refractivity contribution is -0.384. The van der Waals surface area contributed by atoms with E-state index in [4.69, 9.17) is 31.2 Å². The molecule has 7 atom stereocenters. The number of non-ortho nitro benzene ring substituents is 1. The van der Waals surface area contributed by atoms with E-state index in [0.717, 1.165) is 4.57 Å². The molecule has 0 spiro atoms. The number of hydrogen-bond donors (Lipinski definition) is 8. The Bertz CT molecular complexity index is 1640. The number of phosphoric ester groups is 1. The van der Waals surface area contributed by atoms with Crippen LogP contribution in [0.1, 0.15) is 44.9 Å². The van der Waals surface area contributed by atoms with E-state index in [2.05, 4.69) is 19.9 Å². The monoisotopic (exact) mass is 743 g/mol. The van der Waals surface area contributed by atoms with Gasteiger partial charge in [-0.15, -0.1) is 0 Å². The second-order valence-corrected chi connectivity index (χ2v) is 13.2. The molecule has 0 aliphatic carbocycles. The smallest absolute Gasteiger partial charge is 0.459 e. The standard InChI is InChI=1S/C28H42N9O13P/c1-15(2)12-19(26(41)47-13-16-5-7-17(8-6-16)37(43)44)33-24(40)18(29)4-3-10-32-27(31)35-50-51(45,46)48-14-20-22(38)23(39)25(49-20)36-11-9-21(30)34-28(36)42/h5-9,11,15,18-20,22-23,25,38-39H,3-4,10,12-14,29H2,1-2H3,(H,33,40)(H,45,46)(H2,30,34,42)(H3,31,32,35)/t18?,19?,20-,22-,23-,25-/m1/s1. The van der Waals surface area contributed by atoms with Crippen LogP contribution >= 0.6 is 7.82 Å². The number of anilines is 1. The fraction of sp³-hybridized carbons (Fsp3) is 0.536. The van der Waals surface area contributed by atoms with Crippen LogP contribution in [0.4, 0.5) is 11.5 Å². The number of aliphatic hydroxyl groups is 2. The van der Waals surface area contributed by atoms with Crippen LogP contribution in [0, 0.1) is 16.0 Å². The lowest BCUT2D eigenvalue weighted by atomic mass is 10.0. The van der Waals surface area contributed by atoms with E-state index in [1.807, 2.05) is 19.3 Å². The number of esters is 1. The van der Waals surface area contributed by atoms with Gasteiger partial charge in [0.1, 0.15) is 36.8 Å². The molecule has 1 amide bonds. The number of guanidine groups is 1. The summed E-state index contributed by atoms with van der Waals surface area (Å²) in [7, 11) is -4.86. The molecular weight excluding hydrogens is 701 g/mol. The first-order valence-electron chi connectivity index (χ1n) is 15.5. The number of nitrogens with one attached hydrogen (secondary N) is 2. The number of nitro groups is 1. The van der Waals surface area contributed by atoms with Crippen LogP contribution in [0.25, 0.3) is 0 Å². The van der Waals surface area contributed by atoms with E-state index in [1.54, 1.807) is 0 Å². The summed E-state index contributed by atoms with van der Waals surface area (Å²) in [5.74, 6) is -1.80. The minimum atomic E-state index is -4.86. The van der Waals surface area contributed by atoms with Crippen molar-refractivity contribution < 1.29 is 52.8 Å². The Labute approximate surface area is 290 Å². The fourth-order valence-electron chi connectivity index (χ4n) is 4.62. The molecule has 3 rings (SSSR count). The molecule has 0 saturated carbocycles. The molecule has 22 nitrogen and oxygen atoms in total. The van der Waals surface area contributed by atoms with Gasteiger partial charge in [-0.2, -0.15) is 9.61 Å². The molecule has 2 heterocycles. The number of carbonyl (C=O) groups excluding carboxylic acids is 2. The van der Waals surface area contributed by atoms with Gasteiger partial charge < -0.3 is 47.1 Å². The molecule has 1 aromatic carbocycles. The third-order valence-electron chi connectivity index (χ3n) is 7.26. The number of benzene rings is 1. The van der Waals surface area contributed by atoms with Crippen LogP contribution in [-0.2, 0) is 39.4 Å². The molecule has 1 fully saturated rings. The van der Waals surface area contributed by atoms with Crippen molar-refractivity contribution in [2.75, 3.05) is 18.9 Å². The average Bonchev–Trinajstić information content (AvgIpc) is 3.35. The highest BCUT2D eigenvalue weighted by molar-refractivity contribution is 7.47. The summed E-state index contributed by atoms with van der Waals surface area (Å²) in [5.41, 5.74) is 18.6. The van der Waals surface area contributed by atoms with Crippen LogP contribution in [0.15, 0.2) is 46.3 Å². The van der Waals surface area contributed by atoms with Gasteiger partial charge in [-0.05, 0) is 48.9 Å². The number of ether oxygens (including phenoxy) is 2. The molecule has 11 N–H and O–H groups in total. The van der Waals surface area contributed by atoms with Gasteiger partial charge in [0.25, 0.3) is 5.69 Å². The highest BCUT2D eigenvalue weighted by Crippen LogP contribution is 2.43. The van der Waals surface area contributed by atoms with Crippen LogP contribution in [-0.4, -0.2) is 91.0 Å². The average molecular weight is 744 g/mol. The minimum absolute atomic E-state index is 0.00715. The number of hydrogen-bond acceptors (Lipinski definition) is 16. The molecule has 51 heavy (non-hydrogen) atoms. The zero-order valence-corrected chi connectivity index (χ0v) is 28.5. The largest absolute Gasteiger partial charge is 0.493 e. The van der Waals surface area contributed by atoms with E-state index in [0.29, 0.717) is 5.56 Å². The van der Waals surface area contributed by atoms with Gasteiger partial charge in [0.15, 0.2) is 6.23 Å². The molecule has 1 aliphatic heterocycles. The molecule has 1 aliphatic rings. The lowest BCUT2D eigenvalue weighted by Gasteiger charge is -2.21. The number of carbonyl (C=O) groups is 2.